The van der Waals surface area contributed by atoms with Gasteiger partial charge in [0.05, 0.1) is 18.7 Å². The fraction of sp³-hybridized carbons (Fsp3) is 0.412. The average Bonchev–Trinajstić information content (AvgIpc) is 2.94. The number of hydrogen-bond donors (Lipinski definition) is 1. The zero-order valence-corrected chi connectivity index (χ0v) is 15.0. The summed E-state index contributed by atoms with van der Waals surface area (Å²) >= 11 is 6.15. The lowest BCUT2D eigenvalue weighted by atomic mass is 10.0. The van der Waals surface area contributed by atoms with Gasteiger partial charge in [0.1, 0.15) is 17.3 Å². The van der Waals surface area contributed by atoms with Crippen LogP contribution in [-0.2, 0) is 6.54 Å². The third-order valence-electron chi connectivity index (χ3n) is 3.72. The first kappa shape index (κ1) is 18.9. The molecule has 0 aliphatic heterocycles. The van der Waals surface area contributed by atoms with Gasteiger partial charge in [-0.2, -0.15) is 0 Å². The summed E-state index contributed by atoms with van der Waals surface area (Å²) in [4.78, 5) is 0. The smallest absolute Gasteiger partial charge is 0.137 e. The predicted octanol–water partition coefficient (Wildman–Crippen LogP) is 5.31. The Bertz CT molecular complexity index is 608. The van der Waals surface area contributed by atoms with Crippen molar-refractivity contribution in [3.8, 4) is 17.1 Å². The molecule has 0 radical (unpaired) electrons. The Hall–Kier alpha value is -1.16. The van der Waals surface area contributed by atoms with E-state index in [-0.39, 0.29) is 17.9 Å². The maximum Gasteiger partial charge on any atom is 0.137 e. The number of nitrogens with one attached hydrogen (secondary N) is 1. The molecular formula is C17H23Cl2NO2. The molecule has 1 aromatic carbocycles. The lowest BCUT2D eigenvalue weighted by Gasteiger charge is -2.23. The summed E-state index contributed by atoms with van der Waals surface area (Å²) in [6.07, 6.45) is 1.06. The van der Waals surface area contributed by atoms with Crippen LogP contribution >= 0.6 is 24.0 Å². The van der Waals surface area contributed by atoms with Crippen molar-refractivity contribution >= 4 is 24.0 Å². The highest BCUT2D eigenvalue weighted by molar-refractivity contribution is 6.32. The van der Waals surface area contributed by atoms with E-state index in [1.165, 1.54) is 0 Å². The number of methoxy groups -OCH3 is 1. The quantitative estimate of drug-likeness (QED) is 0.771. The number of ether oxygens (including phenoxy) is 1. The number of furan rings is 1. The maximum absolute atomic E-state index is 6.15. The highest BCUT2D eigenvalue weighted by Gasteiger charge is 2.15. The van der Waals surface area contributed by atoms with Crippen LogP contribution in [0.2, 0.25) is 5.02 Å². The highest BCUT2D eigenvalue weighted by atomic mass is 35.5. The van der Waals surface area contributed by atoms with Crippen molar-refractivity contribution in [3.63, 3.8) is 0 Å². The minimum Gasteiger partial charge on any atom is -0.495 e. The molecule has 2 aromatic rings. The molecule has 0 spiro atoms. The molecule has 0 saturated heterocycles. The van der Waals surface area contributed by atoms with Crippen LogP contribution in [0.5, 0.6) is 5.75 Å². The van der Waals surface area contributed by atoms with Crippen molar-refractivity contribution in [2.75, 3.05) is 7.11 Å². The lowest BCUT2D eigenvalue weighted by Crippen LogP contribution is -2.37. The summed E-state index contributed by atoms with van der Waals surface area (Å²) in [6, 6.07) is 9.60. The van der Waals surface area contributed by atoms with E-state index in [4.69, 9.17) is 20.8 Å². The molecule has 1 heterocycles. The van der Waals surface area contributed by atoms with Crippen LogP contribution in [-0.4, -0.2) is 12.6 Å². The Morgan fingerprint density at radius 2 is 1.95 bits per heavy atom. The Labute approximate surface area is 143 Å². The standard InChI is InChI=1S/C17H22ClNO2.ClH/c1-5-17(2,3)19-11-13-7-9-15(21-13)12-6-8-16(20-4)14(18)10-12;/h6-10,19H,5,11H2,1-4H3;1H. The molecule has 0 bridgehead atoms. The molecule has 0 unspecified atom stereocenters. The van der Waals surface area contributed by atoms with Gasteiger partial charge in [-0.15, -0.1) is 12.4 Å². The first-order valence-corrected chi connectivity index (χ1v) is 7.50. The third kappa shape index (κ3) is 4.67. The number of rotatable bonds is 6. The van der Waals surface area contributed by atoms with Crippen LogP contribution in [0.4, 0.5) is 0 Å². The summed E-state index contributed by atoms with van der Waals surface area (Å²) in [6.45, 7) is 7.24. The van der Waals surface area contributed by atoms with Gasteiger partial charge < -0.3 is 14.5 Å². The van der Waals surface area contributed by atoms with Crippen molar-refractivity contribution in [1.29, 1.82) is 0 Å². The molecule has 0 atom stereocenters. The topological polar surface area (TPSA) is 34.4 Å². The lowest BCUT2D eigenvalue weighted by molar-refractivity contribution is 0.353. The van der Waals surface area contributed by atoms with Crippen LogP contribution in [0, 0.1) is 0 Å². The fourth-order valence-electron chi connectivity index (χ4n) is 1.90. The summed E-state index contributed by atoms with van der Waals surface area (Å²) in [5.74, 6) is 2.39. The Kier molecular flexibility index (Phi) is 6.79. The molecule has 3 nitrogen and oxygen atoms in total. The van der Waals surface area contributed by atoms with Gasteiger partial charge in [-0.05, 0) is 50.6 Å². The second kappa shape index (κ2) is 7.91. The summed E-state index contributed by atoms with van der Waals surface area (Å²) in [7, 11) is 1.60. The molecular weight excluding hydrogens is 321 g/mol. The van der Waals surface area contributed by atoms with E-state index in [2.05, 4.69) is 26.1 Å². The maximum atomic E-state index is 6.15. The van der Waals surface area contributed by atoms with Crippen molar-refractivity contribution in [2.45, 2.75) is 39.3 Å². The van der Waals surface area contributed by atoms with Gasteiger partial charge in [-0.25, -0.2) is 0 Å². The van der Waals surface area contributed by atoms with E-state index < -0.39 is 0 Å². The zero-order valence-electron chi connectivity index (χ0n) is 13.4. The SMILES string of the molecule is CCC(C)(C)NCc1ccc(-c2ccc(OC)c(Cl)c2)o1.Cl. The van der Waals surface area contributed by atoms with Crippen molar-refractivity contribution in [2.24, 2.45) is 0 Å². The van der Waals surface area contributed by atoms with Crippen LogP contribution in [0.25, 0.3) is 11.3 Å². The fourth-order valence-corrected chi connectivity index (χ4v) is 2.16. The molecule has 5 heteroatoms. The monoisotopic (exact) mass is 343 g/mol. The third-order valence-corrected chi connectivity index (χ3v) is 4.02. The Morgan fingerprint density at radius 1 is 1.23 bits per heavy atom. The minimum absolute atomic E-state index is 0. The molecule has 0 aliphatic rings. The Balaban J connectivity index is 0.00000242. The first-order valence-electron chi connectivity index (χ1n) is 7.13. The van der Waals surface area contributed by atoms with E-state index in [1.807, 2.05) is 30.3 Å². The molecule has 1 aromatic heterocycles. The second-order valence-electron chi connectivity index (χ2n) is 5.71. The second-order valence-corrected chi connectivity index (χ2v) is 6.11. The van der Waals surface area contributed by atoms with Gasteiger partial charge in [-0.3, -0.25) is 0 Å². The van der Waals surface area contributed by atoms with Crippen LogP contribution in [0.3, 0.4) is 0 Å². The van der Waals surface area contributed by atoms with Crippen molar-refractivity contribution in [1.82, 2.24) is 5.32 Å². The summed E-state index contributed by atoms with van der Waals surface area (Å²) in [5.41, 5.74) is 1.05. The zero-order chi connectivity index (χ0) is 15.5. The van der Waals surface area contributed by atoms with Gasteiger partial charge in [0.2, 0.25) is 0 Å². The number of halogens is 2. The van der Waals surface area contributed by atoms with Crippen LogP contribution < -0.4 is 10.1 Å². The Morgan fingerprint density at radius 3 is 2.55 bits per heavy atom. The molecule has 22 heavy (non-hydrogen) atoms. The van der Waals surface area contributed by atoms with E-state index in [0.29, 0.717) is 17.3 Å². The molecule has 0 amide bonds. The summed E-state index contributed by atoms with van der Waals surface area (Å²) in [5, 5.41) is 4.06. The molecule has 0 aliphatic carbocycles. The first-order chi connectivity index (χ1) is 9.95. The largest absolute Gasteiger partial charge is 0.495 e. The molecule has 2 rings (SSSR count). The predicted molar refractivity (Wildman–Crippen MR) is 94.2 cm³/mol. The van der Waals surface area contributed by atoms with E-state index in [0.717, 1.165) is 23.5 Å². The number of hydrogen-bond acceptors (Lipinski definition) is 3. The molecule has 0 saturated carbocycles. The van der Waals surface area contributed by atoms with E-state index in [1.54, 1.807) is 7.11 Å². The van der Waals surface area contributed by atoms with Gasteiger partial charge in [-0.1, -0.05) is 18.5 Å². The van der Waals surface area contributed by atoms with E-state index >= 15 is 0 Å². The van der Waals surface area contributed by atoms with Gasteiger partial charge in [0.25, 0.3) is 0 Å². The minimum atomic E-state index is 0. The number of benzene rings is 1. The normalized spacial score (nSPS) is 11.1. The average molecular weight is 344 g/mol. The van der Waals surface area contributed by atoms with Crippen LogP contribution in [0.15, 0.2) is 34.7 Å². The summed E-state index contributed by atoms with van der Waals surface area (Å²) < 4.78 is 11.0. The van der Waals surface area contributed by atoms with Crippen molar-refractivity contribution < 1.29 is 9.15 Å². The van der Waals surface area contributed by atoms with Gasteiger partial charge in [0.15, 0.2) is 0 Å². The molecule has 1 N–H and O–H groups in total. The molecule has 122 valence electrons. The van der Waals surface area contributed by atoms with Gasteiger partial charge >= 0.3 is 0 Å². The highest BCUT2D eigenvalue weighted by Crippen LogP contribution is 2.31. The van der Waals surface area contributed by atoms with Crippen molar-refractivity contribution in [3.05, 3.63) is 41.1 Å². The van der Waals surface area contributed by atoms with Crippen LogP contribution in [0.1, 0.15) is 33.0 Å². The van der Waals surface area contributed by atoms with Gasteiger partial charge in [0, 0.05) is 11.1 Å². The van der Waals surface area contributed by atoms with E-state index in [9.17, 15) is 0 Å². The molecule has 0 fully saturated rings.